The first-order valence-electron chi connectivity index (χ1n) is 8.78. The molecule has 0 bridgehead atoms. The van der Waals surface area contributed by atoms with Crippen LogP contribution < -0.4 is 9.80 Å². The molecule has 1 aliphatic heterocycles. The molecule has 0 radical (unpaired) electrons. The van der Waals surface area contributed by atoms with Gasteiger partial charge < -0.3 is 14.9 Å². The largest absolute Gasteiger partial charge is 0.506 e. The molecule has 0 saturated carbocycles. The van der Waals surface area contributed by atoms with E-state index in [1.165, 1.54) is 16.8 Å². The highest BCUT2D eigenvalue weighted by Gasteiger charge is 2.20. The molecule has 1 aliphatic rings. The number of rotatable bonds is 2. The number of para-hydroxylation sites is 1. The van der Waals surface area contributed by atoms with Gasteiger partial charge in [0, 0.05) is 37.3 Å². The Balaban J connectivity index is 1.54. The summed E-state index contributed by atoms with van der Waals surface area (Å²) < 4.78 is 0. The predicted molar refractivity (Wildman–Crippen MR) is 104 cm³/mol. The molecule has 4 nitrogen and oxygen atoms in total. The monoisotopic (exact) mass is 333 g/mol. The molecule has 3 aromatic rings. The Morgan fingerprint density at radius 3 is 2.44 bits per heavy atom. The number of aromatic hydroxyl groups is 1. The van der Waals surface area contributed by atoms with Gasteiger partial charge in [0.25, 0.3) is 0 Å². The van der Waals surface area contributed by atoms with E-state index in [0.717, 1.165) is 37.4 Å². The number of pyridine rings is 1. The normalized spacial score (nSPS) is 15.0. The summed E-state index contributed by atoms with van der Waals surface area (Å²) in [6.07, 6.45) is 0. The van der Waals surface area contributed by atoms with Crippen LogP contribution in [0, 0.1) is 13.8 Å². The summed E-state index contributed by atoms with van der Waals surface area (Å²) in [5.41, 5.74) is 4.64. The van der Waals surface area contributed by atoms with Crippen molar-refractivity contribution in [2.45, 2.75) is 13.8 Å². The second-order valence-electron chi connectivity index (χ2n) is 6.78. The van der Waals surface area contributed by atoms with Gasteiger partial charge in [0.1, 0.15) is 17.1 Å². The van der Waals surface area contributed by atoms with Crippen molar-refractivity contribution >= 4 is 22.4 Å². The van der Waals surface area contributed by atoms with Crippen LogP contribution in [0.3, 0.4) is 0 Å². The van der Waals surface area contributed by atoms with E-state index in [1.54, 1.807) is 6.07 Å². The van der Waals surface area contributed by atoms with Crippen LogP contribution in [-0.4, -0.2) is 36.3 Å². The highest BCUT2D eigenvalue weighted by atomic mass is 16.3. The lowest BCUT2D eigenvalue weighted by Crippen LogP contribution is -2.47. The Morgan fingerprint density at radius 2 is 1.64 bits per heavy atom. The third-order valence-electron chi connectivity index (χ3n) is 4.99. The van der Waals surface area contributed by atoms with Crippen LogP contribution >= 0.6 is 0 Å². The highest BCUT2D eigenvalue weighted by Crippen LogP contribution is 2.27. The van der Waals surface area contributed by atoms with Crippen molar-refractivity contribution in [2.75, 3.05) is 36.0 Å². The van der Waals surface area contributed by atoms with E-state index in [-0.39, 0.29) is 5.75 Å². The zero-order valence-corrected chi connectivity index (χ0v) is 14.7. The first kappa shape index (κ1) is 15.8. The van der Waals surface area contributed by atoms with E-state index < -0.39 is 0 Å². The molecule has 4 heteroatoms. The first-order valence-corrected chi connectivity index (χ1v) is 8.78. The lowest BCUT2D eigenvalue weighted by molar-refractivity contribution is 0.480. The van der Waals surface area contributed by atoms with Crippen LogP contribution in [0.15, 0.2) is 48.5 Å². The van der Waals surface area contributed by atoms with Crippen LogP contribution in [-0.2, 0) is 0 Å². The Hall–Kier alpha value is -2.75. The molecule has 0 atom stereocenters. The molecule has 1 N–H and O–H groups in total. The van der Waals surface area contributed by atoms with Crippen molar-refractivity contribution in [3.8, 4) is 5.75 Å². The summed E-state index contributed by atoms with van der Waals surface area (Å²) >= 11 is 0. The van der Waals surface area contributed by atoms with Crippen molar-refractivity contribution in [3.63, 3.8) is 0 Å². The minimum absolute atomic E-state index is 0.244. The number of anilines is 2. The number of aryl methyl sites for hydroxylation is 2. The fraction of sp³-hybridized carbons (Fsp3) is 0.286. The molecule has 0 aliphatic carbocycles. The molecular weight excluding hydrogens is 310 g/mol. The Kier molecular flexibility index (Phi) is 3.96. The molecular formula is C21H23N3O. The van der Waals surface area contributed by atoms with Crippen LogP contribution in [0.25, 0.3) is 10.9 Å². The Morgan fingerprint density at radius 1 is 0.880 bits per heavy atom. The minimum Gasteiger partial charge on any atom is -0.506 e. The minimum atomic E-state index is 0.244. The zero-order chi connectivity index (χ0) is 17.4. The third-order valence-corrected chi connectivity index (χ3v) is 4.99. The maximum absolute atomic E-state index is 10.1. The molecule has 0 amide bonds. The van der Waals surface area contributed by atoms with E-state index in [1.807, 2.05) is 18.2 Å². The van der Waals surface area contributed by atoms with Gasteiger partial charge in [0.15, 0.2) is 0 Å². The summed E-state index contributed by atoms with van der Waals surface area (Å²) in [5, 5.41) is 11.0. The number of piperazine rings is 1. The van der Waals surface area contributed by atoms with E-state index in [4.69, 9.17) is 0 Å². The highest BCUT2D eigenvalue weighted by molar-refractivity contribution is 5.85. The van der Waals surface area contributed by atoms with E-state index in [0.29, 0.717) is 5.52 Å². The Labute approximate surface area is 148 Å². The molecule has 0 spiro atoms. The van der Waals surface area contributed by atoms with Gasteiger partial charge in [-0.05, 0) is 49.2 Å². The van der Waals surface area contributed by atoms with E-state index >= 15 is 0 Å². The molecule has 128 valence electrons. The molecule has 1 saturated heterocycles. The summed E-state index contributed by atoms with van der Waals surface area (Å²) in [6, 6.07) is 16.2. The van der Waals surface area contributed by atoms with Crippen molar-refractivity contribution in [2.24, 2.45) is 0 Å². The average molecular weight is 333 g/mol. The van der Waals surface area contributed by atoms with Crippen LogP contribution in [0.2, 0.25) is 0 Å². The fourth-order valence-corrected chi connectivity index (χ4v) is 3.53. The average Bonchev–Trinajstić information content (AvgIpc) is 2.64. The first-order chi connectivity index (χ1) is 12.1. The second-order valence-corrected chi connectivity index (χ2v) is 6.78. The zero-order valence-electron chi connectivity index (χ0n) is 14.7. The van der Waals surface area contributed by atoms with Gasteiger partial charge in [0.2, 0.25) is 0 Å². The van der Waals surface area contributed by atoms with Crippen molar-refractivity contribution in [3.05, 3.63) is 59.7 Å². The number of benzene rings is 2. The molecule has 2 heterocycles. The number of hydrogen-bond donors (Lipinski definition) is 1. The Bertz CT molecular complexity index is 914. The molecule has 0 unspecified atom stereocenters. The van der Waals surface area contributed by atoms with Gasteiger partial charge in [-0.15, -0.1) is 0 Å². The van der Waals surface area contributed by atoms with Crippen LogP contribution in [0.1, 0.15) is 11.1 Å². The number of phenols is 1. The molecule has 2 aromatic carbocycles. The number of phenolic OH excluding ortho intramolecular Hbond substituents is 1. The van der Waals surface area contributed by atoms with Crippen LogP contribution in [0.4, 0.5) is 11.5 Å². The molecule has 1 aromatic heterocycles. The lowest BCUT2D eigenvalue weighted by atomic mass is 10.1. The topological polar surface area (TPSA) is 39.6 Å². The van der Waals surface area contributed by atoms with Gasteiger partial charge in [-0.2, -0.15) is 0 Å². The quantitative estimate of drug-likeness (QED) is 0.772. The SMILES string of the molecule is Cc1ccc(C)c(N2CCN(c3ccc4cccc(O)c4n3)CC2)c1. The molecule has 4 rings (SSSR count). The predicted octanol–water partition coefficient (Wildman–Crippen LogP) is 3.88. The van der Waals surface area contributed by atoms with Gasteiger partial charge in [-0.25, -0.2) is 4.98 Å². The number of hydrogen-bond acceptors (Lipinski definition) is 4. The summed E-state index contributed by atoms with van der Waals surface area (Å²) in [5.74, 6) is 1.18. The van der Waals surface area contributed by atoms with Crippen molar-refractivity contribution < 1.29 is 5.11 Å². The third kappa shape index (κ3) is 3.00. The van der Waals surface area contributed by atoms with Crippen molar-refractivity contribution in [1.29, 1.82) is 0 Å². The summed E-state index contributed by atoms with van der Waals surface area (Å²) in [7, 11) is 0. The molecule has 25 heavy (non-hydrogen) atoms. The second kappa shape index (κ2) is 6.28. The van der Waals surface area contributed by atoms with Gasteiger partial charge in [-0.3, -0.25) is 0 Å². The van der Waals surface area contributed by atoms with E-state index in [2.05, 4.69) is 52.9 Å². The molecule has 1 fully saturated rings. The lowest BCUT2D eigenvalue weighted by Gasteiger charge is -2.37. The maximum Gasteiger partial charge on any atom is 0.141 e. The summed E-state index contributed by atoms with van der Waals surface area (Å²) in [4.78, 5) is 9.44. The van der Waals surface area contributed by atoms with Gasteiger partial charge >= 0.3 is 0 Å². The van der Waals surface area contributed by atoms with Gasteiger partial charge in [-0.1, -0.05) is 24.3 Å². The van der Waals surface area contributed by atoms with E-state index in [9.17, 15) is 5.11 Å². The van der Waals surface area contributed by atoms with Gasteiger partial charge in [0.05, 0.1) is 0 Å². The standard InChI is InChI=1S/C21H23N3O/c1-15-6-7-16(2)18(14-15)23-10-12-24(13-11-23)20-9-8-17-4-3-5-19(25)21(17)22-20/h3-9,14,25H,10-13H2,1-2H3. The van der Waals surface area contributed by atoms with Crippen molar-refractivity contribution in [1.82, 2.24) is 4.98 Å². The van der Waals surface area contributed by atoms with Crippen LogP contribution in [0.5, 0.6) is 5.75 Å². The fourth-order valence-electron chi connectivity index (χ4n) is 3.53. The number of aromatic nitrogens is 1. The smallest absolute Gasteiger partial charge is 0.141 e. The number of nitrogens with zero attached hydrogens (tertiary/aromatic N) is 3. The maximum atomic E-state index is 10.1. The summed E-state index contributed by atoms with van der Waals surface area (Å²) in [6.45, 7) is 8.13. The number of fused-ring (bicyclic) bond motifs is 1.